The zero-order valence-corrected chi connectivity index (χ0v) is 13.6. The molecule has 1 saturated heterocycles. The summed E-state index contributed by atoms with van der Waals surface area (Å²) in [5.74, 6) is 0.543. The van der Waals surface area contributed by atoms with Crippen molar-refractivity contribution in [2.75, 3.05) is 33.4 Å². The lowest BCUT2D eigenvalue weighted by Crippen LogP contribution is -2.60. The van der Waals surface area contributed by atoms with Crippen LogP contribution in [0.15, 0.2) is 0 Å². The monoisotopic (exact) mass is 297 g/mol. The molecule has 2 aliphatic rings. The second-order valence-electron chi connectivity index (χ2n) is 6.72. The normalized spacial score (nSPS) is 31.5. The molecule has 0 aromatic rings. The minimum absolute atomic E-state index is 0.187. The van der Waals surface area contributed by atoms with E-state index in [2.05, 4.69) is 17.3 Å². The molecule has 1 aliphatic carbocycles. The summed E-state index contributed by atoms with van der Waals surface area (Å²) < 4.78 is 5.43. The van der Waals surface area contributed by atoms with Crippen LogP contribution in [0.3, 0.4) is 0 Å². The molecule has 2 atom stereocenters. The minimum atomic E-state index is -0.498. The van der Waals surface area contributed by atoms with Gasteiger partial charge in [-0.15, -0.1) is 0 Å². The molecule has 1 aliphatic heterocycles. The Morgan fingerprint density at radius 1 is 1.38 bits per heavy atom. The first kappa shape index (κ1) is 16.7. The maximum Gasteiger partial charge on any atom is 0.237 e. The smallest absolute Gasteiger partial charge is 0.237 e. The fourth-order valence-electron chi connectivity index (χ4n) is 3.92. The molecule has 1 saturated carbocycles. The number of amides is 1. The van der Waals surface area contributed by atoms with E-state index >= 15 is 0 Å². The maximum atomic E-state index is 11.9. The van der Waals surface area contributed by atoms with Crippen molar-refractivity contribution in [2.24, 2.45) is 11.7 Å². The lowest BCUT2D eigenvalue weighted by molar-refractivity contribution is -0.126. The molecule has 0 spiro atoms. The summed E-state index contributed by atoms with van der Waals surface area (Å²) in [6.07, 6.45) is 6.27. The van der Waals surface area contributed by atoms with Crippen LogP contribution < -0.4 is 11.1 Å². The Balaban J connectivity index is 1.93. The molecule has 21 heavy (non-hydrogen) atoms. The van der Waals surface area contributed by atoms with Crippen LogP contribution in [0.1, 0.15) is 45.4 Å². The zero-order valence-electron chi connectivity index (χ0n) is 13.6. The molecule has 1 amide bonds. The molecule has 0 radical (unpaired) electrons. The number of nitrogens with two attached hydrogens (primary N) is 1. The van der Waals surface area contributed by atoms with Crippen molar-refractivity contribution in [1.29, 1.82) is 0 Å². The quantitative estimate of drug-likeness (QED) is 0.771. The van der Waals surface area contributed by atoms with Gasteiger partial charge in [0.25, 0.3) is 0 Å². The Labute approximate surface area is 128 Å². The van der Waals surface area contributed by atoms with Gasteiger partial charge in [0.1, 0.15) is 0 Å². The number of ether oxygens (including phenoxy) is 1. The molecule has 0 bridgehead atoms. The number of nitrogens with one attached hydrogen (secondary N) is 1. The highest BCUT2D eigenvalue weighted by Gasteiger charge is 2.41. The van der Waals surface area contributed by atoms with Crippen molar-refractivity contribution in [2.45, 2.75) is 57.0 Å². The summed E-state index contributed by atoms with van der Waals surface area (Å²) in [5, 5.41) is 3.36. The van der Waals surface area contributed by atoms with E-state index in [0.29, 0.717) is 6.04 Å². The van der Waals surface area contributed by atoms with Crippen LogP contribution in [0, 0.1) is 5.92 Å². The average Bonchev–Trinajstić information content (AvgIpc) is 2.48. The third-order valence-electron chi connectivity index (χ3n) is 5.22. The topological polar surface area (TPSA) is 67.6 Å². The molecule has 5 heteroatoms. The Morgan fingerprint density at radius 3 is 2.71 bits per heavy atom. The average molecular weight is 297 g/mol. The van der Waals surface area contributed by atoms with Crippen LogP contribution in [-0.4, -0.2) is 55.7 Å². The number of carbonyl (C=O) groups excluding carboxylic acids is 1. The van der Waals surface area contributed by atoms with Crippen LogP contribution in [0.2, 0.25) is 0 Å². The molecule has 5 nitrogen and oxygen atoms in total. The SMILES string of the molecule is CCNC1(C(N)=O)CCCC(N(C)CC2CCOCC2)C1. The van der Waals surface area contributed by atoms with Crippen molar-refractivity contribution in [1.82, 2.24) is 10.2 Å². The van der Waals surface area contributed by atoms with Crippen LogP contribution >= 0.6 is 0 Å². The second-order valence-corrected chi connectivity index (χ2v) is 6.72. The van der Waals surface area contributed by atoms with Crippen molar-refractivity contribution in [3.05, 3.63) is 0 Å². The highest BCUT2D eigenvalue weighted by molar-refractivity contribution is 5.84. The first-order valence-electron chi connectivity index (χ1n) is 8.40. The molecule has 122 valence electrons. The lowest BCUT2D eigenvalue weighted by Gasteiger charge is -2.43. The van der Waals surface area contributed by atoms with Gasteiger partial charge in [-0.2, -0.15) is 0 Å². The predicted octanol–water partition coefficient (Wildman–Crippen LogP) is 1.12. The van der Waals surface area contributed by atoms with E-state index in [1.54, 1.807) is 0 Å². The van der Waals surface area contributed by atoms with Gasteiger partial charge in [0.2, 0.25) is 5.91 Å². The summed E-state index contributed by atoms with van der Waals surface area (Å²) in [6.45, 7) is 5.73. The number of hydrogen-bond donors (Lipinski definition) is 2. The predicted molar refractivity (Wildman–Crippen MR) is 84.0 cm³/mol. The zero-order chi connectivity index (χ0) is 15.3. The Morgan fingerprint density at radius 2 is 2.10 bits per heavy atom. The van der Waals surface area contributed by atoms with Gasteiger partial charge >= 0.3 is 0 Å². The molecule has 2 unspecified atom stereocenters. The Hall–Kier alpha value is -0.650. The van der Waals surface area contributed by atoms with Crippen LogP contribution in [0.5, 0.6) is 0 Å². The summed E-state index contributed by atoms with van der Waals surface area (Å²) in [5.41, 5.74) is 5.20. The van der Waals surface area contributed by atoms with Gasteiger partial charge < -0.3 is 20.7 Å². The second kappa shape index (κ2) is 7.56. The van der Waals surface area contributed by atoms with Crippen molar-refractivity contribution >= 4 is 5.91 Å². The molecule has 2 fully saturated rings. The summed E-state index contributed by atoms with van der Waals surface area (Å²) >= 11 is 0. The minimum Gasteiger partial charge on any atom is -0.381 e. The molecular formula is C16H31N3O2. The number of primary amides is 1. The molecule has 0 aromatic carbocycles. The van der Waals surface area contributed by atoms with E-state index in [-0.39, 0.29) is 5.91 Å². The number of hydrogen-bond acceptors (Lipinski definition) is 4. The maximum absolute atomic E-state index is 11.9. The van der Waals surface area contributed by atoms with Gasteiger partial charge in [-0.1, -0.05) is 6.92 Å². The largest absolute Gasteiger partial charge is 0.381 e. The summed E-state index contributed by atoms with van der Waals surface area (Å²) in [6, 6.07) is 0.452. The molecule has 0 aromatic heterocycles. The third kappa shape index (κ3) is 4.18. The number of likely N-dealkylation sites (N-methyl/N-ethyl adjacent to an activating group) is 1. The van der Waals surface area contributed by atoms with Crippen LogP contribution in [0.4, 0.5) is 0 Å². The van der Waals surface area contributed by atoms with Crippen LogP contribution in [-0.2, 0) is 9.53 Å². The standard InChI is InChI=1S/C16H31N3O2/c1-3-18-16(15(17)20)8-4-5-14(11-16)19(2)12-13-6-9-21-10-7-13/h13-14,18H,3-12H2,1-2H3,(H2,17,20). The first-order chi connectivity index (χ1) is 10.1. The highest BCUT2D eigenvalue weighted by Crippen LogP contribution is 2.31. The highest BCUT2D eigenvalue weighted by atomic mass is 16.5. The molecule has 3 N–H and O–H groups in total. The van der Waals surface area contributed by atoms with Gasteiger partial charge in [0, 0.05) is 25.8 Å². The van der Waals surface area contributed by atoms with Gasteiger partial charge in [0.15, 0.2) is 0 Å². The summed E-state index contributed by atoms with van der Waals surface area (Å²) in [7, 11) is 2.20. The fourth-order valence-corrected chi connectivity index (χ4v) is 3.92. The van der Waals surface area contributed by atoms with E-state index in [9.17, 15) is 4.79 Å². The summed E-state index contributed by atoms with van der Waals surface area (Å²) in [4.78, 5) is 14.4. The van der Waals surface area contributed by atoms with E-state index in [1.807, 2.05) is 6.92 Å². The van der Waals surface area contributed by atoms with Gasteiger partial charge in [-0.3, -0.25) is 4.79 Å². The van der Waals surface area contributed by atoms with Gasteiger partial charge in [-0.05, 0) is 58.0 Å². The van der Waals surface area contributed by atoms with E-state index in [4.69, 9.17) is 10.5 Å². The van der Waals surface area contributed by atoms with Gasteiger partial charge in [0.05, 0.1) is 5.54 Å². The van der Waals surface area contributed by atoms with E-state index < -0.39 is 5.54 Å². The van der Waals surface area contributed by atoms with Crippen molar-refractivity contribution < 1.29 is 9.53 Å². The van der Waals surface area contributed by atoms with Gasteiger partial charge in [-0.25, -0.2) is 0 Å². The van der Waals surface area contributed by atoms with Crippen LogP contribution in [0.25, 0.3) is 0 Å². The van der Waals surface area contributed by atoms with Crippen molar-refractivity contribution in [3.63, 3.8) is 0 Å². The Bertz CT molecular complexity index is 340. The number of rotatable bonds is 6. The third-order valence-corrected chi connectivity index (χ3v) is 5.22. The lowest BCUT2D eigenvalue weighted by atomic mass is 9.77. The molecule has 2 rings (SSSR count). The van der Waals surface area contributed by atoms with Crippen molar-refractivity contribution in [3.8, 4) is 0 Å². The van der Waals surface area contributed by atoms with E-state index in [1.165, 1.54) is 6.42 Å². The first-order valence-corrected chi connectivity index (χ1v) is 8.40. The number of nitrogens with zero attached hydrogens (tertiary/aromatic N) is 1. The fraction of sp³-hybridized carbons (Fsp3) is 0.938. The Kier molecular flexibility index (Phi) is 6.02. The molecular weight excluding hydrogens is 266 g/mol. The number of carbonyl (C=O) groups is 1. The molecule has 1 heterocycles. The van der Waals surface area contributed by atoms with E-state index in [0.717, 1.165) is 64.3 Å².